The first-order valence-corrected chi connectivity index (χ1v) is 7.68. The van der Waals surface area contributed by atoms with E-state index in [9.17, 15) is 8.42 Å². The zero-order valence-corrected chi connectivity index (χ0v) is 12.6. The SMILES string of the molecule is Cc1ccccc1N(C)S(=O)(=O)c1ccc(N)cc1C. The van der Waals surface area contributed by atoms with Crippen molar-refractivity contribution in [3.05, 3.63) is 53.6 Å². The Kier molecular flexibility index (Phi) is 3.72. The van der Waals surface area contributed by atoms with Gasteiger partial charge in [0.25, 0.3) is 10.0 Å². The van der Waals surface area contributed by atoms with E-state index in [1.54, 1.807) is 38.2 Å². The van der Waals surface area contributed by atoms with Crippen LogP contribution in [-0.4, -0.2) is 15.5 Å². The summed E-state index contributed by atoms with van der Waals surface area (Å²) in [5.41, 5.74) is 8.45. The summed E-state index contributed by atoms with van der Waals surface area (Å²) in [7, 11) is -2.02. The highest BCUT2D eigenvalue weighted by molar-refractivity contribution is 7.92. The van der Waals surface area contributed by atoms with Crippen molar-refractivity contribution in [2.45, 2.75) is 18.7 Å². The highest BCUT2D eigenvalue weighted by Gasteiger charge is 2.23. The third-order valence-corrected chi connectivity index (χ3v) is 5.22. The Balaban J connectivity index is 2.53. The van der Waals surface area contributed by atoms with Gasteiger partial charge in [0.15, 0.2) is 0 Å². The van der Waals surface area contributed by atoms with Crippen molar-refractivity contribution < 1.29 is 8.42 Å². The molecule has 2 aromatic rings. The average molecular weight is 290 g/mol. The lowest BCUT2D eigenvalue weighted by molar-refractivity contribution is 0.593. The molecular formula is C15H18N2O2S. The summed E-state index contributed by atoms with van der Waals surface area (Å²) in [6.07, 6.45) is 0. The van der Waals surface area contributed by atoms with Crippen molar-refractivity contribution in [1.82, 2.24) is 0 Å². The molecule has 5 heteroatoms. The van der Waals surface area contributed by atoms with Crippen LogP contribution in [-0.2, 0) is 10.0 Å². The van der Waals surface area contributed by atoms with Gasteiger partial charge in [0.2, 0.25) is 0 Å². The summed E-state index contributed by atoms with van der Waals surface area (Å²) in [5.74, 6) is 0. The highest BCUT2D eigenvalue weighted by atomic mass is 32.2. The van der Waals surface area contributed by atoms with Gasteiger partial charge in [0, 0.05) is 12.7 Å². The largest absolute Gasteiger partial charge is 0.399 e. The first-order chi connectivity index (χ1) is 9.34. The predicted octanol–water partition coefficient (Wildman–Crippen LogP) is 2.71. The number of hydrogen-bond donors (Lipinski definition) is 1. The summed E-state index contributed by atoms with van der Waals surface area (Å²) in [5, 5.41) is 0. The fourth-order valence-electron chi connectivity index (χ4n) is 2.16. The first kappa shape index (κ1) is 14.4. The number of sulfonamides is 1. The Morgan fingerprint density at radius 3 is 2.25 bits per heavy atom. The second-order valence-corrected chi connectivity index (χ2v) is 6.72. The van der Waals surface area contributed by atoms with Crippen LogP contribution in [0.5, 0.6) is 0 Å². The van der Waals surface area contributed by atoms with Gasteiger partial charge in [0.05, 0.1) is 10.6 Å². The number of aryl methyl sites for hydroxylation is 2. The van der Waals surface area contributed by atoms with Gasteiger partial charge in [-0.1, -0.05) is 18.2 Å². The van der Waals surface area contributed by atoms with Gasteiger partial charge in [-0.25, -0.2) is 8.42 Å². The Labute approximate surface area is 119 Å². The van der Waals surface area contributed by atoms with Gasteiger partial charge >= 0.3 is 0 Å². The summed E-state index contributed by atoms with van der Waals surface area (Å²) in [4.78, 5) is 0.275. The van der Waals surface area contributed by atoms with Crippen molar-refractivity contribution in [2.24, 2.45) is 0 Å². The van der Waals surface area contributed by atoms with Crippen LogP contribution in [0.15, 0.2) is 47.4 Å². The number of benzene rings is 2. The van der Waals surface area contributed by atoms with E-state index >= 15 is 0 Å². The molecule has 0 aromatic heterocycles. The average Bonchev–Trinajstić information content (AvgIpc) is 2.38. The van der Waals surface area contributed by atoms with Crippen LogP contribution in [0.3, 0.4) is 0 Å². The minimum Gasteiger partial charge on any atom is -0.399 e. The lowest BCUT2D eigenvalue weighted by Crippen LogP contribution is -2.27. The fraction of sp³-hybridized carbons (Fsp3) is 0.200. The van der Waals surface area contributed by atoms with Crippen LogP contribution in [0.25, 0.3) is 0 Å². The number of anilines is 2. The quantitative estimate of drug-likeness (QED) is 0.884. The topological polar surface area (TPSA) is 63.4 Å². The van der Waals surface area contributed by atoms with Crippen molar-refractivity contribution >= 4 is 21.4 Å². The van der Waals surface area contributed by atoms with Crippen LogP contribution < -0.4 is 10.0 Å². The number of para-hydroxylation sites is 1. The summed E-state index contributed by atoms with van der Waals surface area (Å²) >= 11 is 0. The van der Waals surface area contributed by atoms with Crippen LogP contribution in [0.4, 0.5) is 11.4 Å². The molecule has 4 nitrogen and oxygen atoms in total. The zero-order chi connectivity index (χ0) is 14.9. The van der Waals surface area contributed by atoms with Crippen LogP contribution in [0, 0.1) is 13.8 Å². The Bertz CT molecular complexity index is 739. The lowest BCUT2D eigenvalue weighted by Gasteiger charge is -2.22. The fourth-order valence-corrected chi connectivity index (χ4v) is 3.62. The Hall–Kier alpha value is -2.01. The van der Waals surface area contributed by atoms with Gasteiger partial charge in [-0.15, -0.1) is 0 Å². The van der Waals surface area contributed by atoms with E-state index in [0.29, 0.717) is 16.9 Å². The second-order valence-electron chi connectivity index (χ2n) is 4.78. The molecule has 0 radical (unpaired) electrons. The van der Waals surface area contributed by atoms with Crippen molar-refractivity contribution in [2.75, 3.05) is 17.1 Å². The number of nitrogens with zero attached hydrogens (tertiary/aromatic N) is 1. The molecule has 2 N–H and O–H groups in total. The number of hydrogen-bond acceptors (Lipinski definition) is 3. The van der Waals surface area contributed by atoms with Crippen LogP contribution in [0.2, 0.25) is 0 Å². The van der Waals surface area contributed by atoms with Gasteiger partial charge in [-0.3, -0.25) is 4.31 Å². The molecule has 0 heterocycles. The molecule has 0 aliphatic carbocycles. The molecule has 0 fully saturated rings. The Morgan fingerprint density at radius 2 is 1.65 bits per heavy atom. The minimum atomic E-state index is -3.58. The third kappa shape index (κ3) is 2.49. The summed E-state index contributed by atoms with van der Waals surface area (Å²) in [6, 6.07) is 12.2. The summed E-state index contributed by atoms with van der Waals surface area (Å²) in [6.45, 7) is 3.63. The van der Waals surface area contributed by atoms with E-state index in [1.807, 2.05) is 25.1 Å². The van der Waals surface area contributed by atoms with Crippen LogP contribution in [0.1, 0.15) is 11.1 Å². The van der Waals surface area contributed by atoms with E-state index in [4.69, 9.17) is 5.73 Å². The lowest BCUT2D eigenvalue weighted by atomic mass is 10.2. The second kappa shape index (κ2) is 5.17. The molecule has 106 valence electrons. The van der Waals surface area contributed by atoms with Gasteiger partial charge in [-0.2, -0.15) is 0 Å². The maximum Gasteiger partial charge on any atom is 0.264 e. The third-order valence-electron chi connectivity index (χ3n) is 3.29. The number of nitrogen functional groups attached to an aromatic ring is 1. The molecule has 0 saturated heterocycles. The van der Waals surface area contributed by atoms with Crippen molar-refractivity contribution in [3.63, 3.8) is 0 Å². The molecule has 0 aliphatic heterocycles. The van der Waals surface area contributed by atoms with Gasteiger partial charge < -0.3 is 5.73 Å². The number of rotatable bonds is 3. The minimum absolute atomic E-state index is 0.275. The maximum absolute atomic E-state index is 12.7. The van der Waals surface area contributed by atoms with Gasteiger partial charge in [-0.05, 0) is 49.2 Å². The molecule has 0 amide bonds. The molecule has 2 rings (SSSR count). The Morgan fingerprint density at radius 1 is 1.00 bits per heavy atom. The molecule has 0 bridgehead atoms. The van der Waals surface area contributed by atoms with E-state index in [2.05, 4.69) is 0 Å². The molecule has 0 unspecified atom stereocenters. The molecule has 20 heavy (non-hydrogen) atoms. The zero-order valence-electron chi connectivity index (χ0n) is 11.8. The number of nitrogens with two attached hydrogens (primary N) is 1. The van der Waals surface area contributed by atoms with Crippen LogP contribution >= 0.6 is 0 Å². The maximum atomic E-state index is 12.7. The smallest absolute Gasteiger partial charge is 0.264 e. The monoisotopic (exact) mass is 290 g/mol. The summed E-state index contributed by atoms with van der Waals surface area (Å²) < 4.78 is 26.7. The molecule has 0 aliphatic rings. The van der Waals surface area contributed by atoms with E-state index in [0.717, 1.165) is 5.56 Å². The van der Waals surface area contributed by atoms with E-state index in [-0.39, 0.29) is 4.90 Å². The van der Waals surface area contributed by atoms with Gasteiger partial charge in [0.1, 0.15) is 0 Å². The normalized spacial score (nSPS) is 11.3. The predicted molar refractivity (Wildman–Crippen MR) is 82.4 cm³/mol. The first-order valence-electron chi connectivity index (χ1n) is 6.24. The highest BCUT2D eigenvalue weighted by Crippen LogP contribution is 2.27. The molecular weight excluding hydrogens is 272 g/mol. The molecule has 0 spiro atoms. The van der Waals surface area contributed by atoms with Crippen molar-refractivity contribution in [1.29, 1.82) is 0 Å². The van der Waals surface area contributed by atoms with E-state index < -0.39 is 10.0 Å². The molecule has 2 aromatic carbocycles. The molecule has 0 saturated carbocycles. The molecule has 0 atom stereocenters. The van der Waals surface area contributed by atoms with E-state index in [1.165, 1.54) is 4.31 Å². The standard InChI is InChI=1S/C15H18N2O2S/c1-11-6-4-5-7-14(11)17(3)20(18,19)15-9-8-13(16)10-12(15)2/h4-10H,16H2,1-3H3. The van der Waals surface area contributed by atoms with Crippen molar-refractivity contribution in [3.8, 4) is 0 Å².